The molecule has 1 heterocycles. The number of nitrogen functional groups attached to an aromatic ring is 1. The van der Waals surface area contributed by atoms with Gasteiger partial charge < -0.3 is 15.6 Å². The van der Waals surface area contributed by atoms with E-state index >= 15 is 0 Å². The quantitative estimate of drug-likeness (QED) is 0.466. The summed E-state index contributed by atoms with van der Waals surface area (Å²) in [6, 6.07) is 4.69. The average Bonchev–Trinajstić information content (AvgIpc) is 2.47. The first kappa shape index (κ1) is 8.36. The normalized spacial score (nSPS) is 10.3. The van der Waals surface area contributed by atoms with Crippen LogP contribution in [0.4, 0.5) is 10.6 Å². The summed E-state index contributed by atoms with van der Waals surface area (Å²) in [5, 5.41) is 15.5. The number of rotatable bonds is 1. The fraction of sp³-hybridized carbons (Fsp3) is 0. The van der Waals surface area contributed by atoms with Crippen molar-refractivity contribution in [3.8, 4) is 5.75 Å². The second-order valence-electron chi connectivity index (χ2n) is 2.68. The lowest BCUT2D eigenvalue weighted by molar-refractivity contribution is 0.144. The number of fused-ring (bicyclic) bond motifs is 1. The molecule has 0 fully saturated rings. The van der Waals surface area contributed by atoms with Crippen LogP contribution < -0.4 is 10.5 Å². The summed E-state index contributed by atoms with van der Waals surface area (Å²) in [6.07, 6.45) is -1.36. The first-order chi connectivity index (χ1) is 6.66. The molecule has 14 heavy (non-hydrogen) atoms. The van der Waals surface area contributed by atoms with E-state index in [1.165, 1.54) is 12.1 Å². The summed E-state index contributed by atoms with van der Waals surface area (Å²) in [6.45, 7) is 0. The van der Waals surface area contributed by atoms with Gasteiger partial charge in [-0.1, -0.05) is 0 Å². The zero-order chi connectivity index (χ0) is 10.1. The van der Waals surface area contributed by atoms with Crippen molar-refractivity contribution < 1.29 is 14.6 Å². The van der Waals surface area contributed by atoms with Crippen molar-refractivity contribution in [2.45, 2.75) is 0 Å². The SMILES string of the molecule is Nc1n[nH]c2ccc(OC(=O)O)cc12. The second-order valence-corrected chi connectivity index (χ2v) is 2.68. The fourth-order valence-corrected chi connectivity index (χ4v) is 1.18. The van der Waals surface area contributed by atoms with Crippen LogP contribution in [-0.2, 0) is 0 Å². The summed E-state index contributed by atoms with van der Waals surface area (Å²) in [5.74, 6) is 0.536. The van der Waals surface area contributed by atoms with Crippen molar-refractivity contribution in [2.75, 3.05) is 5.73 Å². The van der Waals surface area contributed by atoms with Gasteiger partial charge in [0.1, 0.15) is 5.75 Å². The van der Waals surface area contributed by atoms with Crippen LogP contribution in [0.2, 0.25) is 0 Å². The Bertz CT molecular complexity index is 492. The van der Waals surface area contributed by atoms with Crippen molar-refractivity contribution in [3.05, 3.63) is 18.2 Å². The number of hydrogen-bond donors (Lipinski definition) is 3. The van der Waals surface area contributed by atoms with Crippen molar-refractivity contribution in [1.82, 2.24) is 10.2 Å². The maximum Gasteiger partial charge on any atom is 0.511 e. The number of nitrogens with one attached hydrogen (secondary N) is 1. The lowest BCUT2D eigenvalue weighted by atomic mass is 10.2. The molecular formula is C8H7N3O3. The molecule has 6 nitrogen and oxygen atoms in total. The molecule has 0 aliphatic heterocycles. The molecule has 0 radical (unpaired) electrons. The van der Waals surface area contributed by atoms with Crippen LogP contribution in [0, 0.1) is 0 Å². The molecule has 0 unspecified atom stereocenters. The van der Waals surface area contributed by atoms with E-state index in [2.05, 4.69) is 14.9 Å². The Kier molecular flexibility index (Phi) is 1.74. The molecular weight excluding hydrogens is 186 g/mol. The Labute approximate surface area is 78.3 Å². The highest BCUT2D eigenvalue weighted by Crippen LogP contribution is 2.23. The average molecular weight is 193 g/mol. The Morgan fingerprint density at radius 2 is 2.36 bits per heavy atom. The van der Waals surface area contributed by atoms with E-state index in [1.807, 2.05) is 0 Å². The molecule has 0 aliphatic rings. The highest BCUT2D eigenvalue weighted by molar-refractivity contribution is 5.89. The molecule has 1 aromatic heterocycles. The van der Waals surface area contributed by atoms with Gasteiger partial charge in [0, 0.05) is 5.39 Å². The number of hydrogen-bond acceptors (Lipinski definition) is 4. The number of H-pyrrole nitrogens is 1. The van der Waals surface area contributed by atoms with E-state index in [0.717, 1.165) is 5.52 Å². The minimum absolute atomic E-state index is 0.220. The third-order valence-electron chi connectivity index (χ3n) is 1.77. The molecule has 0 spiro atoms. The van der Waals surface area contributed by atoms with Gasteiger partial charge in [-0.2, -0.15) is 5.10 Å². The van der Waals surface area contributed by atoms with Gasteiger partial charge in [0.05, 0.1) is 5.52 Å². The third kappa shape index (κ3) is 1.33. The minimum Gasteiger partial charge on any atom is -0.449 e. The lowest BCUT2D eigenvalue weighted by Crippen LogP contribution is -2.02. The molecule has 0 aliphatic carbocycles. The first-order valence-electron chi connectivity index (χ1n) is 3.81. The Hall–Kier alpha value is -2.24. The van der Waals surface area contributed by atoms with E-state index in [1.54, 1.807) is 6.07 Å². The zero-order valence-electron chi connectivity index (χ0n) is 7.02. The van der Waals surface area contributed by atoms with Crippen LogP contribution >= 0.6 is 0 Å². The summed E-state index contributed by atoms with van der Waals surface area (Å²) in [5.41, 5.74) is 6.27. The first-order valence-corrected chi connectivity index (χ1v) is 3.81. The third-order valence-corrected chi connectivity index (χ3v) is 1.77. The van der Waals surface area contributed by atoms with Crippen LogP contribution in [0.25, 0.3) is 10.9 Å². The highest BCUT2D eigenvalue weighted by atomic mass is 16.7. The summed E-state index contributed by atoms with van der Waals surface area (Å²) < 4.78 is 4.47. The number of nitrogens with two attached hydrogens (primary N) is 1. The molecule has 0 saturated carbocycles. The van der Waals surface area contributed by atoms with Gasteiger partial charge in [-0.15, -0.1) is 0 Å². The Morgan fingerprint density at radius 1 is 1.57 bits per heavy atom. The summed E-state index contributed by atoms with van der Waals surface area (Å²) in [7, 11) is 0. The number of carbonyl (C=O) groups is 1. The second kappa shape index (κ2) is 2.91. The van der Waals surface area contributed by atoms with E-state index in [9.17, 15) is 4.79 Å². The summed E-state index contributed by atoms with van der Waals surface area (Å²) >= 11 is 0. The molecule has 1 aromatic carbocycles. The van der Waals surface area contributed by atoms with Crippen LogP contribution in [0.5, 0.6) is 5.75 Å². The molecule has 0 saturated heterocycles. The van der Waals surface area contributed by atoms with E-state index in [0.29, 0.717) is 11.2 Å². The number of ether oxygens (including phenoxy) is 1. The lowest BCUT2D eigenvalue weighted by Gasteiger charge is -1.98. The molecule has 0 amide bonds. The number of carboxylic acid groups (broad SMARTS) is 1. The maximum absolute atomic E-state index is 10.3. The number of benzene rings is 1. The zero-order valence-corrected chi connectivity index (χ0v) is 7.02. The predicted molar refractivity (Wildman–Crippen MR) is 49.2 cm³/mol. The van der Waals surface area contributed by atoms with E-state index < -0.39 is 6.16 Å². The molecule has 2 rings (SSSR count). The van der Waals surface area contributed by atoms with Gasteiger partial charge in [0.25, 0.3) is 0 Å². The molecule has 72 valence electrons. The monoisotopic (exact) mass is 193 g/mol. The summed E-state index contributed by atoms with van der Waals surface area (Å²) in [4.78, 5) is 10.3. The van der Waals surface area contributed by atoms with Crippen molar-refractivity contribution in [2.24, 2.45) is 0 Å². The molecule has 0 atom stereocenters. The smallest absolute Gasteiger partial charge is 0.449 e. The minimum atomic E-state index is -1.36. The highest BCUT2D eigenvalue weighted by Gasteiger charge is 2.05. The van der Waals surface area contributed by atoms with Crippen molar-refractivity contribution in [3.63, 3.8) is 0 Å². The van der Waals surface area contributed by atoms with Crippen molar-refractivity contribution >= 4 is 22.9 Å². The Balaban J connectivity index is 2.49. The standard InChI is InChI=1S/C8H7N3O3/c9-7-5-3-4(14-8(12)13)1-2-6(5)10-11-7/h1-3H,(H,12,13)(H3,9,10,11). The molecule has 2 aromatic rings. The topological polar surface area (TPSA) is 101 Å². The number of anilines is 1. The Morgan fingerprint density at radius 3 is 3.07 bits per heavy atom. The van der Waals surface area contributed by atoms with Gasteiger partial charge in [-0.3, -0.25) is 5.10 Å². The van der Waals surface area contributed by atoms with Gasteiger partial charge in [0.2, 0.25) is 0 Å². The van der Waals surface area contributed by atoms with E-state index in [-0.39, 0.29) is 5.75 Å². The fourth-order valence-electron chi connectivity index (χ4n) is 1.18. The van der Waals surface area contributed by atoms with Gasteiger partial charge in [-0.25, -0.2) is 4.79 Å². The van der Waals surface area contributed by atoms with Crippen LogP contribution in [0.3, 0.4) is 0 Å². The number of aromatic nitrogens is 2. The number of aromatic amines is 1. The van der Waals surface area contributed by atoms with E-state index in [4.69, 9.17) is 10.8 Å². The predicted octanol–water partition coefficient (Wildman–Crippen LogP) is 1.20. The van der Waals surface area contributed by atoms with Gasteiger partial charge in [-0.05, 0) is 18.2 Å². The van der Waals surface area contributed by atoms with Crippen LogP contribution in [0.1, 0.15) is 0 Å². The van der Waals surface area contributed by atoms with Crippen LogP contribution in [-0.4, -0.2) is 21.5 Å². The maximum atomic E-state index is 10.3. The molecule has 6 heteroatoms. The van der Waals surface area contributed by atoms with Crippen LogP contribution in [0.15, 0.2) is 18.2 Å². The van der Waals surface area contributed by atoms with Gasteiger partial charge >= 0.3 is 6.16 Å². The van der Waals surface area contributed by atoms with Crippen molar-refractivity contribution in [1.29, 1.82) is 0 Å². The molecule has 4 N–H and O–H groups in total. The van der Waals surface area contributed by atoms with Gasteiger partial charge in [0.15, 0.2) is 5.82 Å². The molecule has 0 bridgehead atoms. The number of nitrogens with zero attached hydrogens (tertiary/aromatic N) is 1. The largest absolute Gasteiger partial charge is 0.511 e.